The highest BCUT2D eigenvalue weighted by molar-refractivity contribution is 5.83. The highest BCUT2D eigenvalue weighted by Crippen LogP contribution is 2.21. The van der Waals surface area contributed by atoms with E-state index in [1.807, 2.05) is 13.2 Å². The van der Waals surface area contributed by atoms with Gasteiger partial charge in [0.05, 0.1) is 0 Å². The molecule has 2 aliphatic heterocycles. The van der Waals surface area contributed by atoms with E-state index >= 15 is 0 Å². The minimum atomic E-state index is -0.186. The Morgan fingerprint density at radius 2 is 2.11 bits per heavy atom. The summed E-state index contributed by atoms with van der Waals surface area (Å²) in [4.78, 5) is 12.8. The molecule has 0 radical (unpaired) electrons. The Kier molecular flexibility index (Phi) is 6.15. The molecule has 1 atom stereocenters. The number of hydrogen-bond acceptors (Lipinski definition) is 2. The van der Waals surface area contributed by atoms with Crippen LogP contribution < -0.4 is 5.32 Å². The molecule has 2 aliphatic rings. The van der Waals surface area contributed by atoms with Crippen LogP contribution in [0.2, 0.25) is 0 Å². The van der Waals surface area contributed by atoms with Crippen LogP contribution in [-0.4, -0.2) is 67.1 Å². The fourth-order valence-corrected chi connectivity index (χ4v) is 4.68. The number of aromatic amines is 1. The van der Waals surface area contributed by atoms with Crippen molar-refractivity contribution >= 4 is 16.9 Å². The van der Waals surface area contributed by atoms with Crippen LogP contribution in [0.1, 0.15) is 31.2 Å². The number of nitrogens with zero attached hydrogens (tertiary/aromatic N) is 3. The summed E-state index contributed by atoms with van der Waals surface area (Å²) in [7, 11) is 1.86. The van der Waals surface area contributed by atoms with E-state index in [2.05, 4.69) is 25.1 Å². The summed E-state index contributed by atoms with van der Waals surface area (Å²) in [6.45, 7) is 6.74. The van der Waals surface area contributed by atoms with Gasteiger partial charge in [-0.15, -0.1) is 0 Å². The Morgan fingerprint density at radius 3 is 2.93 bits per heavy atom. The fourth-order valence-electron chi connectivity index (χ4n) is 4.68. The molecule has 2 N–H and O–H groups in total. The van der Waals surface area contributed by atoms with E-state index in [0.717, 1.165) is 54.4 Å². The van der Waals surface area contributed by atoms with Gasteiger partial charge in [0.2, 0.25) is 0 Å². The zero-order chi connectivity index (χ0) is 19.3. The highest BCUT2D eigenvalue weighted by Gasteiger charge is 2.26. The zero-order valence-electron chi connectivity index (χ0n) is 16.9. The maximum atomic E-state index is 13.5. The van der Waals surface area contributed by atoms with Crippen molar-refractivity contribution in [2.24, 2.45) is 10.9 Å². The van der Waals surface area contributed by atoms with E-state index in [1.54, 1.807) is 12.1 Å². The largest absolute Gasteiger partial charge is 0.361 e. The molecule has 3 heterocycles. The highest BCUT2D eigenvalue weighted by atomic mass is 19.1. The molecule has 1 aromatic carbocycles. The van der Waals surface area contributed by atoms with Gasteiger partial charge in [-0.3, -0.25) is 4.99 Å². The summed E-state index contributed by atoms with van der Waals surface area (Å²) < 4.78 is 13.5. The van der Waals surface area contributed by atoms with E-state index < -0.39 is 0 Å². The molecular weight excluding hydrogens is 353 g/mol. The van der Waals surface area contributed by atoms with Gasteiger partial charge in [-0.05, 0) is 68.5 Å². The number of rotatable bonds is 5. The lowest BCUT2D eigenvalue weighted by Crippen LogP contribution is -2.41. The number of hydrogen-bond donors (Lipinski definition) is 2. The maximum Gasteiger partial charge on any atom is 0.193 e. The third-order valence-electron chi connectivity index (χ3n) is 6.17. The topological polar surface area (TPSA) is 46.7 Å². The lowest BCUT2D eigenvalue weighted by molar-refractivity contribution is 0.198. The number of likely N-dealkylation sites (tertiary alicyclic amines) is 2. The Hall–Kier alpha value is -2.08. The summed E-state index contributed by atoms with van der Waals surface area (Å²) in [5.74, 6) is 1.55. The molecule has 2 aromatic rings. The van der Waals surface area contributed by atoms with Crippen LogP contribution in [0.25, 0.3) is 10.9 Å². The lowest BCUT2D eigenvalue weighted by atomic mass is 10.1. The van der Waals surface area contributed by atoms with Crippen LogP contribution in [0.5, 0.6) is 0 Å². The lowest BCUT2D eigenvalue weighted by Gasteiger charge is -2.29. The molecule has 6 heteroatoms. The van der Waals surface area contributed by atoms with E-state index in [9.17, 15) is 4.39 Å². The van der Waals surface area contributed by atoms with Crippen LogP contribution in [0.4, 0.5) is 4.39 Å². The number of benzene rings is 1. The second-order valence-corrected chi connectivity index (χ2v) is 8.19. The molecule has 0 saturated carbocycles. The maximum absolute atomic E-state index is 13.5. The average Bonchev–Trinajstić information content (AvgIpc) is 3.33. The molecule has 0 aliphatic carbocycles. The number of guanidine groups is 1. The number of piperidine rings is 1. The van der Waals surface area contributed by atoms with Crippen molar-refractivity contribution in [2.45, 2.75) is 32.1 Å². The Bertz CT molecular complexity index is 808. The second kappa shape index (κ2) is 8.95. The van der Waals surface area contributed by atoms with Gasteiger partial charge in [0.1, 0.15) is 5.82 Å². The Labute approximate surface area is 167 Å². The van der Waals surface area contributed by atoms with Crippen LogP contribution in [0, 0.1) is 11.7 Å². The number of H-pyrrole nitrogens is 1. The van der Waals surface area contributed by atoms with Crippen molar-refractivity contribution < 1.29 is 4.39 Å². The van der Waals surface area contributed by atoms with Gasteiger partial charge in [0.15, 0.2) is 5.96 Å². The molecule has 0 bridgehead atoms. The van der Waals surface area contributed by atoms with Crippen molar-refractivity contribution in [3.05, 3.63) is 35.8 Å². The molecule has 0 spiro atoms. The van der Waals surface area contributed by atoms with Gasteiger partial charge in [0, 0.05) is 50.3 Å². The molecule has 28 heavy (non-hydrogen) atoms. The second-order valence-electron chi connectivity index (χ2n) is 8.19. The van der Waals surface area contributed by atoms with Crippen LogP contribution in [-0.2, 0) is 6.42 Å². The first-order valence-electron chi connectivity index (χ1n) is 10.7. The molecule has 2 saturated heterocycles. The summed E-state index contributed by atoms with van der Waals surface area (Å²) in [6.07, 6.45) is 8.19. The predicted octanol–water partition coefficient (Wildman–Crippen LogP) is 3.23. The molecular formula is C22H32FN5. The van der Waals surface area contributed by atoms with E-state index in [4.69, 9.17) is 0 Å². The van der Waals surface area contributed by atoms with Crippen molar-refractivity contribution in [3.8, 4) is 0 Å². The minimum absolute atomic E-state index is 0.186. The van der Waals surface area contributed by atoms with Gasteiger partial charge in [0.25, 0.3) is 0 Å². The van der Waals surface area contributed by atoms with Gasteiger partial charge in [-0.25, -0.2) is 4.39 Å². The molecule has 152 valence electrons. The standard InChI is InChI=1S/C22H32FN5/c1-24-22(28-12-8-17(16-28)15-27-10-3-2-4-11-27)25-9-7-18-14-26-21-6-5-19(23)13-20(18)21/h5-6,13-14,17,26H,2-4,7-12,15-16H2,1H3,(H,24,25). The Morgan fingerprint density at radius 1 is 1.25 bits per heavy atom. The number of halogens is 1. The van der Waals surface area contributed by atoms with Crippen molar-refractivity contribution in [1.29, 1.82) is 0 Å². The summed E-state index contributed by atoms with van der Waals surface area (Å²) in [5, 5.41) is 4.48. The number of aliphatic imine (C=N–C) groups is 1. The molecule has 4 rings (SSSR count). The average molecular weight is 386 g/mol. The third-order valence-corrected chi connectivity index (χ3v) is 6.17. The molecule has 5 nitrogen and oxygen atoms in total. The molecule has 2 fully saturated rings. The minimum Gasteiger partial charge on any atom is -0.361 e. The summed E-state index contributed by atoms with van der Waals surface area (Å²) >= 11 is 0. The van der Waals surface area contributed by atoms with Gasteiger partial charge in [-0.2, -0.15) is 0 Å². The van der Waals surface area contributed by atoms with Crippen LogP contribution >= 0.6 is 0 Å². The quantitative estimate of drug-likeness (QED) is 0.614. The first-order chi connectivity index (χ1) is 13.7. The SMILES string of the molecule is CN=C(NCCc1c[nH]c2ccc(F)cc12)N1CCC(CN2CCCCC2)C1. The van der Waals surface area contributed by atoms with Crippen molar-refractivity contribution in [3.63, 3.8) is 0 Å². The monoisotopic (exact) mass is 385 g/mol. The number of fused-ring (bicyclic) bond motifs is 1. The van der Waals surface area contributed by atoms with Crippen molar-refractivity contribution in [2.75, 3.05) is 46.3 Å². The molecule has 1 unspecified atom stereocenters. The zero-order valence-corrected chi connectivity index (χ0v) is 16.9. The van der Waals surface area contributed by atoms with Gasteiger partial charge < -0.3 is 20.1 Å². The summed E-state index contributed by atoms with van der Waals surface area (Å²) in [5.41, 5.74) is 2.13. The van der Waals surface area contributed by atoms with Crippen LogP contribution in [0.3, 0.4) is 0 Å². The first kappa shape index (κ1) is 19.2. The first-order valence-corrected chi connectivity index (χ1v) is 10.7. The fraction of sp³-hybridized carbons (Fsp3) is 0.591. The molecule has 0 amide bonds. The summed E-state index contributed by atoms with van der Waals surface area (Å²) in [6, 6.07) is 4.91. The van der Waals surface area contributed by atoms with E-state index in [0.29, 0.717) is 0 Å². The molecule has 1 aromatic heterocycles. The van der Waals surface area contributed by atoms with E-state index in [-0.39, 0.29) is 5.82 Å². The number of nitrogens with one attached hydrogen (secondary N) is 2. The van der Waals surface area contributed by atoms with Gasteiger partial charge >= 0.3 is 0 Å². The smallest absolute Gasteiger partial charge is 0.193 e. The van der Waals surface area contributed by atoms with Crippen molar-refractivity contribution in [1.82, 2.24) is 20.1 Å². The van der Waals surface area contributed by atoms with E-state index in [1.165, 1.54) is 51.4 Å². The van der Waals surface area contributed by atoms with Gasteiger partial charge in [-0.1, -0.05) is 6.42 Å². The van der Waals surface area contributed by atoms with Crippen LogP contribution in [0.15, 0.2) is 29.4 Å². The Balaban J connectivity index is 1.27. The third kappa shape index (κ3) is 4.49. The predicted molar refractivity (Wildman–Crippen MR) is 113 cm³/mol. The normalized spacial score (nSPS) is 21.6. The number of aromatic nitrogens is 1.